The summed E-state index contributed by atoms with van der Waals surface area (Å²) in [5.74, 6) is 1.00. The van der Waals surface area contributed by atoms with Crippen molar-refractivity contribution < 1.29 is 4.79 Å². The van der Waals surface area contributed by atoms with E-state index in [2.05, 4.69) is 37.5 Å². The maximum atomic E-state index is 12.4. The number of nitrogens with one attached hydrogen (secondary N) is 1. The summed E-state index contributed by atoms with van der Waals surface area (Å²) in [6.45, 7) is 2.78. The third-order valence-electron chi connectivity index (χ3n) is 4.50. The first-order chi connectivity index (χ1) is 14.1. The van der Waals surface area contributed by atoms with Crippen molar-refractivity contribution >= 4 is 50.1 Å². The zero-order valence-corrected chi connectivity index (χ0v) is 18.2. The van der Waals surface area contributed by atoms with Gasteiger partial charge in [-0.3, -0.25) is 4.79 Å². The van der Waals surface area contributed by atoms with Crippen molar-refractivity contribution in [1.82, 2.24) is 14.8 Å². The summed E-state index contributed by atoms with van der Waals surface area (Å²) in [4.78, 5) is 12.4. The molecule has 0 atom stereocenters. The second-order valence-corrected chi connectivity index (χ2v) is 8.31. The molecule has 0 unspecified atom stereocenters. The van der Waals surface area contributed by atoms with Crippen LogP contribution in [-0.2, 0) is 11.3 Å². The third kappa shape index (κ3) is 4.52. The third-order valence-corrected chi connectivity index (χ3v) is 6.00. The van der Waals surface area contributed by atoms with E-state index in [9.17, 15) is 4.79 Å². The van der Waals surface area contributed by atoms with Crippen LogP contribution in [0.1, 0.15) is 6.92 Å². The van der Waals surface area contributed by atoms with Gasteiger partial charge in [0.2, 0.25) is 5.91 Å². The number of nitrogens with zero attached hydrogens (tertiary/aromatic N) is 3. The zero-order valence-electron chi connectivity index (χ0n) is 15.8. The van der Waals surface area contributed by atoms with Crippen molar-refractivity contribution in [2.75, 3.05) is 11.1 Å². The maximum Gasteiger partial charge on any atom is 0.234 e. The Morgan fingerprint density at radius 2 is 1.79 bits per heavy atom. The summed E-state index contributed by atoms with van der Waals surface area (Å²) in [6, 6.07) is 22.0. The quantitative estimate of drug-likeness (QED) is 0.375. The summed E-state index contributed by atoms with van der Waals surface area (Å²) in [7, 11) is 0. The standard InChI is InChI=1S/C22H19BrN4OS/c1-2-27-21(16-7-10-18(23)11-8-16)25-26-22(27)29-14-20(28)24-19-12-9-15-5-3-4-6-17(15)13-19/h3-13H,2,14H2,1H3,(H,24,28). The van der Waals surface area contributed by atoms with Gasteiger partial charge in [-0.25, -0.2) is 0 Å². The van der Waals surface area contributed by atoms with Crippen molar-refractivity contribution in [3.8, 4) is 11.4 Å². The molecule has 4 aromatic rings. The topological polar surface area (TPSA) is 59.8 Å². The predicted molar refractivity (Wildman–Crippen MR) is 122 cm³/mol. The highest BCUT2D eigenvalue weighted by Crippen LogP contribution is 2.25. The molecule has 0 radical (unpaired) electrons. The second-order valence-electron chi connectivity index (χ2n) is 6.46. The van der Waals surface area contributed by atoms with E-state index in [0.29, 0.717) is 0 Å². The number of hydrogen-bond acceptors (Lipinski definition) is 4. The van der Waals surface area contributed by atoms with Gasteiger partial charge in [0.1, 0.15) is 0 Å². The van der Waals surface area contributed by atoms with Gasteiger partial charge in [-0.05, 0) is 42.0 Å². The Labute approximate surface area is 181 Å². The van der Waals surface area contributed by atoms with Crippen LogP contribution in [0, 0.1) is 0 Å². The van der Waals surface area contributed by atoms with Gasteiger partial charge in [-0.1, -0.05) is 70.2 Å². The van der Waals surface area contributed by atoms with Crippen molar-refractivity contribution in [2.24, 2.45) is 0 Å². The molecular formula is C22H19BrN4OS. The molecule has 0 aliphatic carbocycles. The number of anilines is 1. The number of rotatable bonds is 6. The minimum atomic E-state index is -0.0684. The van der Waals surface area contributed by atoms with E-state index < -0.39 is 0 Å². The fourth-order valence-electron chi connectivity index (χ4n) is 3.09. The minimum Gasteiger partial charge on any atom is -0.325 e. The van der Waals surface area contributed by atoms with Crippen LogP contribution in [0.25, 0.3) is 22.2 Å². The Balaban J connectivity index is 1.44. The average molecular weight is 467 g/mol. The lowest BCUT2D eigenvalue weighted by Crippen LogP contribution is -2.14. The smallest absolute Gasteiger partial charge is 0.234 e. The van der Waals surface area contributed by atoms with Crippen LogP contribution in [0.15, 0.2) is 76.4 Å². The minimum absolute atomic E-state index is 0.0684. The molecule has 0 aliphatic heterocycles. The van der Waals surface area contributed by atoms with E-state index in [0.717, 1.165) is 44.0 Å². The Morgan fingerprint density at radius 3 is 2.55 bits per heavy atom. The van der Waals surface area contributed by atoms with Crippen LogP contribution in [0.2, 0.25) is 0 Å². The Hall–Kier alpha value is -2.64. The van der Waals surface area contributed by atoms with Crippen LogP contribution in [0.3, 0.4) is 0 Å². The lowest BCUT2D eigenvalue weighted by Gasteiger charge is -2.08. The molecule has 1 heterocycles. The van der Waals surface area contributed by atoms with Gasteiger partial charge in [-0.15, -0.1) is 10.2 Å². The summed E-state index contributed by atoms with van der Waals surface area (Å²) in [5.41, 5.74) is 1.79. The largest absolute Gasteiger partial charge is 0.325 e. The van der Waals surface area contributed by atoms with Gasteiger partial charge in [-0.2, -0.15) is 0 Å². The van der Waals surface area contributed by atoms with Crippen molar-refractivity contribution in [3.63, 3.8) is 0 Å². The summed E-state index contributed by atoms with van der Waals surface area (Å²) in [6.07, 6.45) is 0. The summed E-state index contributed by atoms with van der Waals surface area (Å²) >= 11 is 4.84. The van der Waals surface area contributed by atoms with Crippen molar-refractivity contribution in [2.45, 2.75) is 18.6 Å². The highest BCUT2D eigenvalue weighted by Gasteiger charge is 2.14. The Kier molecular flexibility index (Phi) is 5.97. The number of thioether (sulfide) groups is 1. The van der Waals surface area contributed by atoms with E-state index in [1.807, 2.05) is 72.2 Å². The number of halogens is 1. The molecule has 1 amide bonds. The fraction of sp³-hybridized carbons (Fsp3) is 0.136. The number of hydrogen-bond donors (Lipinski definition) is 1. The average Bonchev–Trinajstić information content (AvgIpc) is 3.15. The number of carbonyl (C=O) groups excluding carboxylic acids is 1. The highest BCUT2D eigenvalue weighted by molar-refractivity contribution is 9.10. The van der Waals surface area contributed by atoms with E-state index in [-0.39, 0.29) is 11.7 Å². The molecule has 0 bridgehead atoms. The molecular weight excluding hydrogens is 448 g/mol. The van der Waals surface area contributed by atoms with E-state index >= 15 is 0 Å². The van der Waals surface area contributed by atoms with Crippen molar-refractivity contribution in [3.05, 3.63) is 71.2 Å². The molecule has 0 aliphatic rings. The molecule has 1 aromatic heterocycles. The lowest BCUT2D eigenvalue weighted by molar-refractivity contribution is -0.113. The van der Waals surface area contributed by atoms with Gasteiger partial charge < -0.3 is 9.88 Å². The molecule has 5 nitrogen and oxygen atoms in total. The monoisotopic (exact) mass is 466 g/mol. The van der Waals surface area contributed by atoms with Gasteiger partial charge in [0.05, 0.1) is 5.75 Å². The Morgan fingerprint density at radius 1 is 1.03 bits per heavy atom. The first-order valence-corrected chi connectivity index (χ1v) is 11.0. The molecule has 7 heteroatoms. The van der Waals surface area contributed by atoms with E-state index in [1.54, 1.807) is 0 Å². The number of carbonyl (C=O) groups is 1. The maximum absolute atomic E-state index is 12.4. The molecule has 146 valence electrons. The molecule has 0 saturated heterocycles. The number of benzene rings is 3. The van der Waals surface area contributed by atoms with Gasteiger partial charge in [0.15, 0.2) is 11.0 Å². The van der Waals surface area contributed by atoms with Crippen LogP contribution >= 0.6 is 27.7 Å². The molecule has 4 rings (SSSR count). The first kappa shape index (κ1) is 19.7. The SMILES string of the molecule is CCn1c(SCC(=O)Nc2ccc3ccccc3c2)nnc1-c1ccc(Br)cc1. The lowest BCUT2D eigenvalue weighted by atomic mass is 10.1. The zero-order chi connectivity index (χ0) is 20.2. The molecule has 0 saturated carbocycles. The van der Waals surface area contributed by atoms with Gasteiger partial charge in [0, 0.05) is 22.3 Å². The fourth-order valence-corrected chi connectivity index (χ4v) is 4.15. The highest BCUT2D eigenvalue weighted by atomic mass is 79.9. The van der Waals surface area contributed by atoms with Crippen LogP contribution in [0.5, 0.6) is 0 Å². The normalized spacial score (nSPS) is 11.0. The summed E-state index contributed by atoms with van der Waals surface area (Å²) in [5, 5.41) is 14.6. The van der Waals surface area contributed by atoms with E-state index in [1.165, 1.54) is 11.8 Å². The number of amides is 1. The number of aromatic nitrogens is 3. The first-order valence-electron chi connectivity index (χ1n) is 9.24. The second kappa shape index (κ2) is 8.80. The van der Waals surface area contributed by atoms with Crippen LogP contribution < -0.4 is 5.32 Å². The molecule has 3 aromatic carbocycles. The predicted octanol–water partition coefficient (Wildman–Crippen LogP) is 5.61. The molecule has 0 fully saturated rings. The molecule has 0 spiro atoms. The number of fused-ring (bicyclic) bond motifs is 1. The van der Waals surface area contributed by atoms with E-state index in [4.69, 9.17) is 0 Å². The molecule has 1 N–H and O–H groups in total. The van der Waals surface area contributed by atoms with Crippen molar-refractivity contribution in [1.29, 1.82) is 0 Å². The Bertz CT molecular complexity index is 1160. The van der Waals surface area contributed by atoms with Gasteiger partial charge >= 0.3 is 0 Å². The van der Waals surface area contributed by atoms with Crippen LogP contribution in [-0.4, -0.2) is 26.4 Å². The van der Waals surface area contributed by atoms with Gasteiger partial charge in [0.25, 0.3) is 0 Å². The molecule has 29 heavy (non-hydrogen) atoms. The summed E-state index contributed by atoms with van der Waals surface area (Å²) < 4.78 is 3.04. The van der Waals surface area contributed by atoms with Crippen LogP contribution in [0.4, 0.5) is 5.69 Å².